The highest BCUT2D eigenvalue weighted by molar-refractivity contribution is 14.1. The predicted molar refractivity (Wildman–Crippen MR) is 59.5 cm³/mol. The van der Waals surface area contributed by atoms with Crippen molar-refractivity contribution in [3.63, 3.8) is 0 Å². The third-order valence-corrected chi connectivity index (χ3v) is 2.67. The standard InChI is InChI=1S/C9H10INO2/c10-7-3-1-6(5-8(7)11)2-4-9(12)13/h1,3,5H,2,4,11H2,(H,12,13). The molecule has 0 heterocycles. The van der Waals surface area contributed by atoms with Gasteiger partial charge in [-0.3, -0.25) is 4.79 Å². The first kappa shape index (κ1) is 10.3. The van der Waals surface area contributed by atoms with E-state index in [-0.39, 0.29) is 6.42 Å². The summed E-state index contributed by atoms with van der Waals surface area (Å²) in [6.45, 7) is 0. The minimum absolute atomic E-state index is 0.153. The average molecular weight is 291 g/mol. The van der Waals surface area contributed by atoms with Gasteiger partial charge in [0.1, 0.15) is 0 Å². The van der Waals surface area contributed by atoms with Crippen LogP contribution in [0.5, 0.6) is 0 Å². The molecular weight excluding hydrogens is 281 g/mol. The molecular formula is C9H10INO2. The van der Waals surface area contributed by atoms with E-state index in [1.807, 2.05) is 18.2 Å². The monoisotopic (exact) mass is 291 g/mol. The van der Waals surface area contributed by atoms with Gasteiger partial charge in [-0.2, -0.15) is 0 Å². The Bertz CT molecular complexity index is 325. The first-order chi connectivity index (χ1) is 6.09. The second-order valence-electron chi connectivity index (χ2n) is 2.75. The normalized spacial score (nSPS) is 9.92. The van der Waals surface area contributed by atoms with Crippen LogP contribution in [0.15, 0.2) is 18.2 Å². The molecule has 0 unspecified atom stereocenters. The van der Waals surface area contributed by atoms with Crippen molar-refractivity contribution in [2.24, 2.45) is 0 Å². The summed E-state index contributed by atoms with van der Waals surface area (Å²) in [6.07, 6.45) is 0.691. The summed E-state index contributed by atoms with van der Waals surface area (Å²) in [4.78, 5) is 10.3. The van der Waals surface area contributed by atoms with E-state index >= 15 is 0 Å². The lowest BCUT2D eigenvalue weighted by Gasteiger charge is -2.02. The maximum Gasteiger partial charge on any atom is 0.303 e. The van der Waals surface area contributed by atoms with Gasteiger partial charge in [-0.15, -0.1) is 0 Å². The number of hydrogen-bond donors (Lipinski definition) is 2. The maximum absolute atomic E-state index is 10.3. The van der Waals surface area contributed by atoms with E-state index in [9.17, 15) is 4.79 Å². The number of aliphatic carboxylic acids is 1. The molecule has 4 heteroatoms. The molecule has 3 N–H and O–H groups in total. The molecule has 0 aliphatic heterocycles. The summed E-state index contributed by atoms with van der Waals surface area (Å²) in [7, 11) is 0. The highest BCUT2D eigenvalue weighted by Crippen LogP contribution is 2.17. The zero-order valence-electron chi connectivity index (χ0n) is 6.96. The second kappa shape index (κ2) is 4.45. The van der Waals surface area contributed by atoms with E-state index in [1.54, 1.807) is 0 Å². The SMILES string of the molecule is Nc1cc(CCC(=O)O)ccc1I. The third-order valence-electron chi connectivity index (χ3n) is 1.69. The van der Waals surface area contributed by atoms with Crippen LogP contribution in [0.2, 0.25) is 0 Å². The fourth-order valence-corrected chi connectivity index (χ4v) is 1.34. The first-order valence-electron chi connectivity index (χ1n) is 3.85. The zero-order chi connectivity index (χ0) is 9.84. The number of rotatable bonds is 3. The molecule has 0 saturated heterocycles. The predicted octanol–water partition coefficient (Wildman–Crippen LogP) is 1.89. The Morgan fingerprint density at radius 2 is 2.23 bits per heavy atom. The van der Waals surface area contributed by atoms with Crippen LogP contribution < -0.4 is 5.73 Å². The van der Waals surface area contributed by atoms with Crippen LogP contribution in [0.3, 0.4) is 0 Å². The van der Waals surface area contributed by atoms with E-state index in [0.29, 0.717) is 12.1 Å². The van der Waals surface area contributed by atoms with Crippen LogP contribution in [0.1, 0.15) is 12.0 Å². The molecule has 13 heavy (non-hydrogen) atoms. The number of carboxylic acid groups (broad SMARTS) is 1. The largest absolute Gasteiger partial charge is 0.481 e. The summed E-state index contributed by atoms with van der Waals surface area (Å²) < 4.78 is 0.997. The van der Waals surface area contributed by atoms with Gasteiger partial charge in [0.05, 0.1) is 0 Å². The van der Waals surface area contributed by atoms with Crippen molar-refractivity contribution in [3.8, 4) is 0 Å². The van der Waals surface area contributed by atoms with Crippen LogP contribution in [0.25, 0.3) is 0 Å². The molecule has 0 fully saturated rings. The number of nitrogen functional groups attached to an aromatic ring is 1. The van der Waals surface area contributed by atoms with E-state index < -0.39 is 5.97 Å². The minimum Gasteiger partial charge on any atom is -0.481 e. The fraction of sp³-hybridized carbons (Fsp3) is 0.222. The lowest BCUT2D eigenvalue weighted by atomic mass is 10.1. The molecule has 70 valence electrons. The Morgan fingerprint density at radius 1 is 1.54 bits per heavy atom. The molecule has 0 radical (unpaired) electrons. The van der Waals surface area contributed by atoms with Crippen molar-refractivity contribution in [1.29, 1.82) is 0 Å². The highest BCUT2D eigenvalue weighted by Gasteiger charge is 2.01. The van der Waals surface area contributed by atoms with Gasteiger partial charge in [0.2, 0.25) is 0 Å². The number of carbonyl (C=O) groups is 1. The van der Waals surface area contributed by atoms with E-state index in [0.717, 1.165) is 9.13 Å². The van der Waals surface area contributed by atoms with Gasteiger partial charge in [-0.1, -0.05) is 6.07 Å². The quantitative estimate of drug-likeness (QED) is 0.660. The van der Waals surface area contributed by atoms with Crippen molar-refractivity contribution in [2.75, 3.05) is 5.73 Å². The third kappa shape index (κ3) is 3.22. The molecule has 0 aromatic heterocycles. The van der Waals surface area contributed by atoms with Gasteiger partial charge in [0.25, 0.3) is 0 Å². The van der Waals surface area contributed by atoms with E-state index in [2.05, 4.69) is 22.6 Å². The van der Waals surface area contributed by atoms with Crippen LogP contribution in [-0.2, 0) is 11.2 Å². The summed E-state index contributed by atoms with van der Waals surface area (Å²) in [5.74, 6) is -0.780. The molecule has 0 saturated carbocycles. The summed E-state index contributed by atoms with van der Waals surface area (Å²) >= 11 is 2.14. The molecule has 1 rings (SSSR count). The summed E-state index contributed by atoms with van der Waals surface area (Å²) in [5, 5.41) is 8.47. The number of halogens is 1. The van der Waals surface area contributed by atoms with Gasteiger partial charge in [0.15, 0.2) is 0 Å². The molecule has 0 amide bonds. The van der Waals surface area contributed by atoms with Gasteiger partial charge < -0.3 is 10.8 Å². The molecule has 0 bridgehead atoms. The van der Waals surface area contributed by atoms with Gasteiger partial charge >= 0.3 is 5.97 Å². The molecule has 0 spiro atoms. The number of benzene rings is 1. The topological polar surface area (TPSA) is 63.3 Å². The summed E-state index contributed by atoms with van der Waals surface area (Å²) in [6, 6.07) is 5.62. The molecule has 0 atom stereocenters. The molecule has 3 nitrogen and oxygen atoms in total. The number of aryl methyl sites for hydroxylation is 1. The minimum atomic E-state index is -0.780. The van der Waals surface area contributed by atoms with Crippen molar-refractivity contribution < 1.29 is 9.90 Å². The molecule has 1 aromatic carbocycles. The molecule has 0 aliphatic carbocycles. The maximum atomic E-state index is 10.3. The lowest BCUT2D eigenvalue weighted by Crippen LogP contribution is -1.98. The second-order valence-corrected chi connectivity index (χ2v) is 3.91. The Hall–Kier alpha value is -0.780. The van der Waals surface area contributed by atoms with Gasteiger partial charge in [0, 0.05) is 15.7 Å². The van der Waals surface area contributed by atoms with Crippen LogP contribution in [0.4, 0.5) is 5.69 Å². The highest BCUT2D eigenvalue weighted by atomic mass is 127. The summed E-state index contributed by atoms with van der Waals surface area (Å²) in [5.41, 5.74) is 7.36. The number of hydrogen-bond acceptors (Lipinski definition) is 2. The number of carboxylic acids is 1. The van der Waals surface area contributed by atoms with Gasteiger partial charge in [-0.05, 0) is 46.7 Å². The van der Waals surface area contributed by atoms with Crippen LogP contribution in [0, 0.1) is 3.57 Å². The van der Waals surface area contributed by atoms with Crippen molar-refractivity contribution in [1.82, 2.24) is 0 Å². The van der Waals surface area contributed by atoms with E-state index in [1.165, 1.54) is 0 Å². The van der Waals surface area contributed by atoms with Gasteiger partial charge in [-0.25, -0.2) is 0 Å². The average Bonchev–Trinajstić information content (AvgIpc) is 2.07. The Labute approximate surface area is 90.1 Å². The van der Waals surface area contributed by atoms with E-state index in [4.69, 9.17) is 10.8 Å². The number of nitrogens with two attached hydrogens (primary N) is 1. The van der Waals surface area contributed by atoms with Crippen molar-refractivity contribution >= 4 is 34.2 Å². The van der Waals surface area contributed by atoms with Crippen LogP contribution in [-0.4, -0.2) is 11.1 Å². The van der Waals surface area contributed by atoms with Crippen molar-refractivity contribution in [2.45, 2.75) is 12.8 Å². The van der Waals surface area contributed by atoms with Crippen molar-refractivity contribution in [3.05, 3.63) is 27.3 Å². The lowest BCUT2D eigenvalue weighted by molar-refractivity contribution is -0.136. The molecule has 1 aromatic rings. The zero-order valence-corrected chi connectivity index (χ0v) is 9.11. The van der Waals surface area contributed by atoms with Crippen LogP contribution >= 0.6 is 22.6 Å². The Balaban J connectivity index is 2.68. The smallest absolute Gasteiger partial charge is 0.303 e. The number of anilines is 1. The first-order valence-corrected chi connectivity index (χ1v) is 4.93. The Morgan fingerprint density at radius 3 is 2.77 bits per heavy atom. The molecule has 0 aliphatic rings. The Kier molecular flexibility index (Phi) is 3.53. The fourth-order valence-electron chi connectivity index (χ4n) is 1.000.